The zero-order valence-electron chi connectivity index (χ0n) is 15.8. The van der Waals surface area contributed by atoms with Gasteiger partial charge < -0.3 is 9.47 Å². The van der Waals surface area contributed by atoms with E-state index in [-0.39, 0.29) is 11.7 Å². The monoisotopic (exact) mass is 409 g/mol. The van der Waals surface area contributed by atoms with Gasteiger partial charge in [-0.05, 0) is 24.3 Å². The summed E-state index contributed by atoms with van der Waals surface area (Å²) in [5, 5.41) is 0.566. The van der Waals surface area contributed by atoms with E-state index in [2.05, 4.69) is 14.9 Å². The smallest absolute Gasteiger partial charge is 0.282 e. The summed E-state index contributed by atoms with van der Waals surface area (Å²) >= 11 is 1.46. The lowest BCUT2D eigenvalue weighted by atomic mass is 10.3. The van der Waals surface area contributed by atoms with Gasteiger partial charge in [0.1, 0.15) is 5.82 Å². The van der Waals surface area contributed by atoms with Crippen LogP contribution in [-0.4, -0.2) is 63.0 Å². The van der Waals surface area contributed by atoms with Crippen LogP contribution in [0.2, 0.25) is 0 Å². The molecular weight excluding hydrogens is 389 g/mol. The Balaban J connectivity index is 1.18. The number of rotatable bonds is 4. The summed E-state index contributed by atoms with van der Waals surface area (Å²) in [6, 6.07) is 12.5. The fraction of sp³-hybridized carbons (Fsp3) is 0.286. The molecule has 0 N–H and O–H groups in total. The summed E-state index contributed by atoms with van der Waals surface area (Å²) in [5.74, 6) is -0.245. The Bertz CT molecular complexity index is 1150. The molecule has 8 heteroatoms. The van der Waals surface area contributed by atoms with Crippen LogP contribution >= 0.6 is 11.3 Å². The molecule has 1 aliphatic heterocycles. The number of halogens is 1. The van der Waals surface area contributed by atoms with Crippen LogP contribution in [0.5, 0.6) is 0 Å². The van der Waals surface area contributed by atoms with Crippen LogP contribution in [0.3, 0.4) is 0 Å². The lowest BCUT2D eigenvalue weighted by molar-refractivity contribution is 0.0633. The Hall–Kier alpha value is -2.84. The number of para-hydroxylation sites is 1. The van der Waals surface area contributed by atoms with Gasteiger partial charge in [0.05, 0.1) is 27.6 Å². The molecule has 5 rings (SSSR count). The maximum atomic E-state index is 13.3. The third-order valence-electron chi connectivity index (χ3n) is 5.38. The number of benzene rings is 2. The summed E-state index contributed by atoms with van der Waals surface area (Å²) in [4.78, 5) is 25.8. The third kappa shape index (κ3) is 3.61. The predicted molar refractivity (Wildman–Crippen MR) is 112 cm³/mol. The number of imidazole rings is 1. The zero-order valence-corrected chi connectivity index (χ0v) is 16.6. The molecule has 0 radical (unpaired) electrons. The lowest BCUT2D eigenvalue weighted by Crippen LogP contribution is -2.49. The quantitative estimate of drug-likeness (QED) is 0.519. The van der Waals surface area contributed by atoms with Gasteiger partial charge in [-0.15, -0.1) is 11.3 Å². The van der Waals surface area contributed by atoms with Crippen molar-refractivity contribution >= 4 is 38.5 Å². The first-order valence-electron chi connectivity index (χ1n) is 9.65. The van der Waals surface area contributed by atoms with E-state index in [9.17, 15) is 9.18 Å². The molecule has 2 aromatic heterocycles. The SMILES string of the molecule is O=C(c1nc2ccccc2s1)N1CCN(CCn2cnc3cc(F)ccc32)CC1. The highest BCUT2D eigenvalue weighted by molar-refractivity contribution is 7.20. The molecule has 0 unspecified atom stereocenters. The van der Waals surface area contributed by atoms with Crippen molar-refractivity contribution in [2.75, 3.05) is 32.7 Å². The number of carbonyl (C=O) groups is 1. The van der Waals surface area contributed by atoms with Crippen molar-refractivity contribution in [3.05, 3.63) is 59.6 Å². The van der Waals surface area contributed by atoms with Crippen molar-refractivity contribution in [2.24, 2.45) is 0 Å². The number of carbonyl (C=O) groups excluding carboxylic acids is 1. The molecule has 1 fully saturated rings. The molecular formula is C21H20FN5OS. The van der Waals surface area contributed by atoms with Crippen LogP contribution in [0.15, 0.2) is 48.8 Å². The molecule has 2 aromatic carbocycles. The normalized spacial score (nSPS) is 15.4. The molecule has 6 nitrogen and oxygen atoms in total. The van der Waals surface area contributed by atoms with Gasteiger partial charge in [0, 0.05) is 45.3 Å². The Labute approximate surface area is 171 Å². The van der Waals surface area contributed by atoms with Crippen LogP contribution < -0.4 is 0 Å². The second-order valence-electron chi connectivity index (χ2n) is 7.19. The van der Waals surface area contributed by atoms with Crippen LogP contribution in [0.4, 0.5) is 4.39 Å². The standard InChI is InChI=1S/C21H20FN5OS/c22-15-5-6-18-17(13-15)23-14-27(18)12-9-25-7-10-26(11-8-25)21(28)20-24-16-3-1-2-4-19(16)29-20/h1-6,13-14H,7-12H2. The first kappa shape index (κ1) is 18.2. The van der Waals surface area contributed by atoms with E-state index < -0.39 is 0 Å². The van der Waals surface area contributed by atoms with Crippen molar-refractivity contribution in [3.8, 4) is 0 Å². The molecule has 1 amide bonds. The Morgan fingerprint density at radius 2 is 1.86 bits per heavy atom. The van der Waals surface area contributed by atoms with Gasteiger partial charge in [-0.25, -0.2) is 14.4 Å². The van der Waals surface area contributed by atoms with Crippen LogP contribution in [-0.2, 0) is 6.54 Å². The lowest BCUT2D eigenvalue weighted by Gasteiger charge is -2.34. The number of hydrogen-bond donors (Lipinski definition) is 0. The molecule has 4 aromatic rings. The Morgan fingerprint density at radius 3 is 2.69 bits per heavy atom. The number of piperazine rings is 1. The van der Waals surface area contributed by atoms with Gasteiger partial charge in [0.25, 0.3) is 5.91 Å². The predicted octanol–water partition coefficient (Wildman–Crippen LogP) is 3.24. The maximum absolute atomic E-state index is 13.3. The fourth-order valence-electron chi connectivity index (χ4n) is 3.74. The summed E-state index contributed by atoms with van der Waals surface area (Å²) in [7, 11) is 0. The minimum Gasteiger partial charge on any atom is -0.334 e. The van der Waals surface area contributed by atoms with Gasteiger partial charge in [-0.2, -0.15) is 0 Å². The van der Waals surface area contributed by atoms with Crippen molar-refractivity contribution in [2.45, 2.75) is 6.54 Å². The van der Waals surface area contributed by atoms with Crippen molar-refractivity contribution in [1.29, 1.82) is 0 Å². The number of thiazole rings is 1. The van der Waals surface area contributed by atoms with Crippen LogP contribution in [0.1, 0.15) is 9.80 Å². The van der Waals surface area contributed by atoms with E-state index in [0.717, 1.165) is 41.9 Å². The van der Waals surface area contributed by atoms with Crippen molar-refractivity contribution < 1.29 is 9.18 Å². The second-order valence-corrected chi connectivity index (χ2v) is 8.22. The highest BCUT2D eigenvalue weighted by Crippen LogP contribution is 2.23. The number of amides is 1. The second kappa shape index (κ2) is 7.53. The molecule has 29 heavy (non-hydrogen) atoms. The third-order valence-corrected chi connectivity index (χ3v) is 6.40. The van der Waals surface area contributed by atoms with E-state index in [1.807, 2.05) is 33.7 Å². The minimum atomic E-state index is -0.267. The molecule has 0 aliphatic carbocycles. The first-order valence-corrected chi connectivity index (χ1v) is 10.5. The van der Waals surface area contributed by atoms with Crippen LogP contribution in [0.25, 0.3) is 21.3 Å². The van der Waals surface area contributed by atoms with Gasteiger partial charge in [-0.3, -0.25) is 9.69 Å². The molecule has 3 heterocycles. The van der Waals surface area contributed by atoms with E-state index in [1.165, 1.54) is 23.5 Å². The number of hydrogen-bond acceptors (Lipinski definition) is 5. The molecule has 0 saturated carbocycles. The number of aromatic nitrogens is 3. The van der Waals surface area contributed by atoms with E-state index in [4.69, 9.17) is 0 Å². The van der Waals surface area contributed by atoms with Crippen LogP contribution in [0, 0.1) is 5.82 Å². The van der Waals surface area contributed by atoms with Gasteiger partial charge in [0.2, 0.25) is 0 Å². The summed E-state index contributed by atoms with van der Waals surface area (Å²) in [6.45, 7) is 4.71. The van der Waals surface area contributed by atoms with E-state index >= 15 is 0 Å². The molecule has 0 spiro atoms. The largest absolute Gasteiger partial charge is 0.334 e. The Morgan fingerprint density at radius 1 is 1.03 bits per heavy atom. The zero-order chi connectivity index (χ0) is 19.8. The van der Waals surface area contributed by atoms with E-state index in [0.29, 0.717) is 23.6 Å². The number of nitrogens with zero attached hydrogens (tertiary/aromatic N) is 5. The molecule has 1 saturated heterocycles. The van der Waals surface area contributed by atoms with Gasteiger partial charge in [0.15, 0.2) is 5.01 Å². The first-order chi connectivity index (χ1) is 14.2. The minimum absolute atomic E-state index is 0.0217. The fourth-order valence-corrected chi connectivity index (χ4v) is 4.67. The van der Waals surface area contributed by atoms with Gasteiger partial charge in [-0.1, -0.05) is 12.1 Å². The van der Waals surface area contributed by atoms with Crippen molar-refractivity contribution in [1.82, 2.24) is 24.3 Å². The average molecular weight is 409 g/mol. The van der Waals surface area contributed by atoms with E-state index in [1.54, 1.807) is 12.4 Å². The highest BCUT2D eigenvalue weighted by Gasteiger charge is 2.24. The maximum Gasteiger partial charge on any atom is 0.282 e. The molecule has 148 valence electrons. The van der Waals surface area contributed by atoms with Gasteiger partial charge >= 0.3 is 0 Å². The number of fused-ring (bicyclic) bond motifs is 2. The topological polar surface area (TPSA) is 54.3 Å². The summed E-state index contributed by atoms with van der Waals surface area (Å²) < 4.78 is 16.4. The summed E-state index contributed by atoms with van der Waals surface area (Å²) in [5.41, 5.74) is 2.50. The molecule has 0 atom stereocenters. The molecule has 1 aliphatic rings. The highest BCUT2D eigenvalue weighted by atomic mass is 32.1. The average Bonchev–Trinajstić information content (AvgIpc) is 3.35. The summed E-state index contributed by atoms with van der Waals surface area (Å²) in [6.07, 6.45) is 1.76. The van der Waals surface area contributed by atoms with Crippen molar-refractivity contribution in [3.63, 3.8) is 0 Å². The Kier molecular flexibility index (Phi) is 4.73. The molecule has 0 bridgehead atoms.